The van der Waals surface area contributed by atoms with Crippen molar-refractivity contribution in [1.82, 2.24) is 0 Å². The summed E-state index contributed by atoms with van der Waals surface area (Å²) in [5.74, 6) is -0.399. The maximum Gasteiger partial charge on any atom is 0.338 e. The number of carbonyl (C=O) groups is 1. The molecule has 0 saturated carbocycles. The molecule has 1 aliphatic rings. The molecule has 0 amide bonds. The molecule has 1 aromatic carbocycles. The number of hydrogen-bond donors (Lipinski definition) is 0. The molecule has 280 valence electrons. The second-order valence-corrected chi connectivity index (χ2v) is 39.0. The average molecular weight is 749 g/mol. The van der Waals surface area contributed by atoms with Gasteiger partial charge in [-0.05, 0) is 73.0 Å². The fraction of sp³-hybridized carbons (Fsp3) is 0.718. The average Bonchev–Trinajstić information content (AvgIpc) is 2.92. The van der Waals surface area contributed by atoms with E-state index in [2.05, 4.69) is 140 Å². The number of esters is 1. The van der Waals surface area contributed by atoms with Crippen LogP contribution in [-0.4, -0.2) is 75.6 Å². The summed E-state index contributed by atoms with van der Waals surface area (Å²) in [6.07, 6.45) is 1.35. The summed E-state index contributed by atoms with van der Waals surface area (Å²) < 4.78 is 36.0. The minimum absolute atomic E-state index is 0.0198. The van der Waals surface area contributed by atoms with E-state index < -0.39 is 69.5 Å². The van der Waals surface area contributed by atoms with Gasteiger partial charge in [-0.15, -0.1) is 6.58 Å². The topological polar surface area (TPSA) is 63.2 Å². The van der Waals surface area contributed by atoms with E-state index in [0.29, 0.717) is 12.0 Å². The minimum atomic E-state index is -2.45. The predicted molar refractivity (Wildman–Crippen MR) is 218 cm³/mol. The van der Waals surface area contributed by atoms with Crippen LogP contribution >= 0.6 is 0 Å². The standard InChI is InChI=1S/C39H72O6Si4/c1-20-24-30-32(42-36(40)29-25-22-21-23-26-29)34(44-48(16,17)38(5,6)7)35(45-49(18,19)39(8,9)10)33(41-30)31(27-28-46(11,12)13)43-47(14,15)37(2,3)4/h20-23,25-28,30-35H,1,24H2,2-19H3/b28-27+/t30?,31?,32-,33-,34?,35?/m0/s1. The van der Waals surface area contributed by atoms with E-state index in [1.807, 2.05) is 24.3 Å². The zero-order chi connectivity index (χ0) is 38.0. The Kier molecular flexibility index (Phi) is 14.3. The molecule has 0 N–H and O–H groups in total. The fourth-order valence-corrected chi connectivity index (χ4v) is 9.51. The monoisotopic (exact) mass is 748 g/mol. The van der Waals surface area contributed by atoms with E-state index in [1.54, 1.807) is 12.1 Å². The van der Waals surface area contributed by atoms with Gasteiger partial charge in [0.05, 0.1) is 19.7 Å². The highest BCUT2D eigenvalue weighted by molar-refractivity contribution is 6.81. The third-order valence-electron chi connectivity index (χ3n) is 11.1. The maximum atomic E-state index is 13.8. The first-order valence-corrected chi connectivity index (χ1v) is 30.5. The Balaban J connectivity index is 2.96. The smallest absolute Gasteiger partial charge is 0.338 e. The van der Waals surface area contributed by atoms with Gasteiger partial charge in [-0.25, -0.2) is 4.79 Å². The fourth-order valence-electron chi connectivity index (χ4n) is 4.89. The van der Waals surface area contributed by atoms with Gasteiger partial charge in [0.25, 0.3) is 0 Å². The lowest BCUT2D eigenvalue weighted by Gasteiger charge is -2.54. The molecule has 0 aliphatic carbocycles. The van der Waals surface area contributed by atoms with Crippen LogP contribution < -0.4 is 0 Å². The summed E-state index contributed by atoms with van der Waals surface area (Å²) in [7, 11) is -8.82. The summed E-state index contributed by atoms with van der Waals surface area (Å²) in [5.41, 5.74) is 2.86. The Morgan fingerprint density at radius 1 is 0.755 bits per heavy atom. The highest BCUT2D eigenvalue weighted by Gasteiger charge is 2.57. The summed E-state index contributed by atoms with van der Waals surface area (Å²) in [6, 6.07) is 9.18. The molecule has 6 atom stereocenters. The van der Waals surface area contributed by atoms with Crippen LogP contribution in [0.1, 0.15) is 79.1 Å². The van der Waals surface area contributed by atoms with Gasteiger partial charge < -0.3 is 22.8 Å². The number of carbonyl (C=O) groups excluding carboxylic acids is 1. The first-order valence-electron chi connectivity index (χ1n) is 18.2. The van der Waals surface area contributed by atoms with Gasteiger partial charge in [0.2, 0.25) is 0 Å². The molecule has 1 heterocycles. The first-order chi connectivity index (χ1) is 21.9. The van der Waals surface area contributed by atoms with Crippen LogP contribution in [0, 0.1) is 0 Å². The first kappa shape index (κ1) is 44.0. The van der Waals surface area contributed by atoms with Crippen LogP contribution in [0.2, 0.25) is 74.0 Å². The lowest BCUT2D eigenvalue weighted by molar-refractivity contribution is -0.227. The van der Waals surface area contributed by atoms with Gasteiger partial charge in [-0.1, -0.05) is 118 Å². The Bertz CT molecular complexity index is 1270. The molecule has 2 rings (SSSR count). The quantitative estimate of drug-likeness (QED) is 0.114. The summed E-state index contributed by atoms with van der Waals surface area (Å²) in [5, 5.41) is -0.204. The SMILES string of the molecule is C=CCC1O[C@@H](C(/C=C/[Si](C)(C)C)O[Si](C)(C)C(C)(C)C)C(O[Si](C)(C)C(C)(C)C)C(O[Si](C)(C)C(C)(C)C)[C@H]1OC(=O)c1ccccc1. The van der Waals surface area contributed by atoms with Gasteiger partial charge in [-0.2, -0.15) is 0 Å². The lowest BCUT2D eigenvalue weighted by Crippen LogP contribution is -2.68. The zero-order valence-electron chi connectivity index (χ0n) is 34.4. The maximum absolute atomic E-state index is 13.8. The Hall–Kier alpha value is -1.12. The second-order valence-electron chi connectivity index (χ2n) is 19.7. The summed E-state index contributed by atoms with van der Waals surface area (Å²) >= 11 is 0. The Labute approximate surface area is 305 Å². The van der Waals surface area contributed by atoms with Gasteiger partial charge in [-0.3, -0.25) is 0 Å². The molecule has 6 nitrogen and oxygen atoms in total. The van der Waals surface area contributed by atoms with Gasteiger partial charge in [0.1, 0.15) is 24.4 Å². The van der Waals surface area contributed by atoms with Gasteiger partial charge in [0.15, 0.2) is 31.1 Å². The van der Waals surface area contributed by atoms with Crippen molar-refractivity contribution in [2.75, 3.05) is 0 Å². The van der Waals surface area contributed by atoms with Gasteiger partial charge in [0, 0.05) is 0 Å². The van der Waals surface area contributed by atoms with E-state index in [0.717, 1.165) is 0 Å². The molecule has 1 fully saturated rings. The number of rotatable bonds is 13. The van der Waals surface area contributed by atoms with E-state index in [9.17, 15) is 4.79 Å². The van der Waals surface area contributed by atoms with Crippen LogP contribution in [0.25, 0.3) is 0 Å². The van der Waals surface area contributed by atoms with E-state index in [-0.39, 0.29) is 21.2 Å². The van der Waals surface area contributed by atoms with Crippen LogP contribution in [0.4, 0.5) is 0 Å². The van der Waals surface area contributed by atoms with Crippen molar-refractivity contribution >= 4 is 39.0 Å². The van der Waals surface area contributed by atoms with Crippen molar-refractivity contribution < 1.29 is 27.5 Å². The van der Waals surface area contributed by atoms with Crippen molar-refractivity contribution in [3.05, 3.63) is 60.3 Å². The number of hydrogen-bond acceptors (Lipinski definition) is 6. The van der Waals surface area contributed by atoms with E-state index >= 15 is 0 Å². The van der Waals surface area contributed by atoms with Crippen LogP contribution in [0.3, 0.4) is 0 Å². The molecular weight excluding hydrogens is 677 g/mol. The number of benzene rings is 1. The molecule has 1 aliphatic heterocycles. The van der Waals surface area contributed by atoms with Crippen molar-refractivity contribution in [1.29, 1.82) is 0 Å². The zero-order valence-corrected chi connectivity index (χ0v) is 38.4. The molecule has 49 heavy (non-hydrogen) atoms. The van der Waals surface area contributed by atoms with E-state index in [1.165, 1.54) is 0 Å². The molecule has 0 bridgehead atoms. The highest BCUT2D eigenvalue weighted by Crippen LogP contribution is 2.46. The van der Waals surface area contributed by atoms with Crippen molar-refractivity contribution in [2.24, 2.45) is 0 Å². The van der Waals surface area contributed by atoms with Crippen LogP contribution in [0.15, 0.2) is 54.8 Å². The molecule has 4 unspecified atom stereocenters. The molecule has 1 saturated heterocycles. The van der Waals surface area contributed by atoms with E-state index in [4.69, 9.17) is 22.8 Å². The van der Waals surface area contributed by atoms with Crippen molar-refractivity contribution in [3.63, 3.8) is 0 Å². The lowest BCUT2D eigenvalue weighted by atomic mass is 9.90. The van der Waals surface area contributed by atoms with Gasteiger partial charge >= 0.3 is 5.97 Å². The minimum Gasteiger partial charge on any atom is -0.453 e. The summed E-state index contributed by atoms with van der Waals surface area (Å²) in [4.78, 5) is 13.8. The molecule has 1 aromatic rings. The molecule has 0 spiro atoms. The molecule has 0 radical (unpaired) electrons. The largest absolute Gasteiger partial charge is 0.453 e. The predicted octanol–water partition coefficient (Wildman–Crippen LogP) is 11.2. The number of ether oxygens (including phenoxy) is 2. The summed E-state index contributed by atoms with van der Waals surface area (Å²) in [6.45, 7) is 45.1. The van der Waals surface area contributed by atoms with Crippen LogP contribution in [0.5, 0.6) is 0 Å². The highest BCUT2D eigenvalue weighted by atomic mass is 28.4. The third kappa shape index (κ3) is 11.7. The molecular formula is C39H72O6Si4. The van der Waals surface area contributed by atoms with Crippen LogP contribution in [-0.2, 0) is 22.8 Å². The Morgan fingerprint density at radius 3 is 1.65 bits per heavy atom. The normalized spacial score (nSPS) is 24.2. The van der Waals surface area contributed by atoms with Crippen molar-refractivity contribution in [2.45, 2.75) is 179 Å². The van der Waals surface area contributed by atoms with Crippen molar-refractivity contribution in [3.8, 4) is 0 Å². The third-order valence-corrected chi connectivity index (χ3v) is 25.8. The second kappa shape index (κ2) is 15.9. The molecule has 0 aromatic heterocycles. The molecule has 10 heteroatoms. The Morgan fingerprint density at radius 2 is 1.22 bits per heavy atom.